The maximum absolute atomic E-state index is 12.8. The fourth-order valence-corrected chi connectivity index (χ4v) is 3.15. The Morgan fingerprint density at radius 2 is 1.48 bits per heavy atom. The average Bonchev–Trinajstić information content (AvgIpc) is 2.89. The molecule has 40 heavy (non-hydrogen) atoms. The highest BCUT2D eigenvalue weighted by Gasteiger charge is 2.32. The van der Waals surface area contributed by atoms with Crippen LogP contribution in [0.25, 0.3) is 0 Å². The first-order valence-corrected chi connectivity index (χ1v) is 14.0. The number of carboxylic acids is 1. The van der Waals surface area contributed by atoms with Crippen molar-refractivity contribution >= 4 is 24.1 Å². The van der Waals surface area contributed by atoms with Crippen LogP contribution in [0.3, 0.4) is 0 Å². The Balaban J connectivity index is 3.03. The molecule has 1 aromatic carbocycles. The number of benzene rings is 1. The average molecular weight is 566 g/mol. The molecule has 1 unspecified atom stereocenters. The maximum Gasteiger partial charge on any atom is 0.508 e. The number of aliphatic carboxylic acids is 1. The Bertz CT molecular complexity index is 1000. The van der Waals surface area contributed by atoms with Crippen LogP contribution < -0.4 is 14.8 Å². The number of carbonyl (C=O) groups excluding carboxylic acids is 3. The van der Waals surface area contributed by atoms with E-state index in [1.165, 1.54) is 12.1 Å². The summed E-state index contributed by atoms with van der Waals surface area (Å²) in [7, 11) is 0. The van der Waals surface area contributed by atoms with Crippen LogP contribution in [0.2, 0.25) is 0 Å². The van der Waals surface area contributed by atoms with E-state index in [0.717, 1.165) is 19.3 Å². The van der Waals surface area contributed by atoms with Crippen LogP contribution in [0.1, 0.15) is 93.1 Å². The second kappa shape index (κ2) is 16.2. The molecule has 0 radical (unpaired) electrons. The smallest absolute Gasteiger partial charge is 0.480 e. The van der Waals surface area contributed by atoms with Gasteiger partial charge < -0.3 is 29.4 Å². The second-order valence-electron chi connectivity index (χ2n) is 11.3. The number of ether oxygens (including phenoxy) is 4. The molecule has 10 heteroatoms. The van der Waals surface area contributed by atoms with Gasteiger partial charge in [0.25, 0.3) is 0 Å². The van der Waals surface area contributed by atoms with Gasteiger partial charge in [-0.25, -0.2) is 4.79 Å². The van der Waals surface area contributed by atoms with Gasteiger partial charge in [-0.2, -0.15) is 0 Å². The lowest BCUT2D eigenvalue weighted by Gasteiger charge is -2.24. The molecule has 2 atom stereocenters. The molecular formula is C30H47NO9. The highest BCUT2D eigenvalue weighted by atomic mass is 16.7. The minimum Gasteiger partial charge on any atom is -0.480 e. The number of unbranched alkanes of at least 4 members (excludes halogenated alkanes) is 2. The van der Waals surface area contributed by atoms with Gasteiger partial charge in [-0.15, -0.1) is 0 Å². The Hall–Kier alpha value is -3.14. The van der Waals surface area contributed by atoms with E-state index in [2.05, 4.69) is 5.32 Å². The molecule has 0 fully saturated rings. The number of hydrogen-bond acceptors (Lipinski definition) is 9. The van der Waals surface area contributed by atoms with Gasteiger partial charge in [-0.3, -0.25) is 14.4 Å². The van der Waals surface area contributed by atoms with Crippen molar-refractivity contribution in [3.8, 4) is 11.5 Å². The summed E-state index contributed by atoms with van der Waals surface area (Å²) in [5.41, 5.74) is -0.990. The van der Waals surface area contributed by atoms with Crippen molar-refractivity contribution in [1.82, 2.24) is 5.32 Å². The zero-order chi connectivity index (χ0) is 30.5. The van der Waals surface area contributed by atoms with Crippen molar-refractivity contribution in [3.05, 3.63) is 23.8 Å². The van der Waals surface area contributed by atoms with Crippen LogP contribution in [-0.4, -0.2) is 54.5 Å². The van der Waals surface area contributed by atoms with Gasteiger partial charge in [-0.05, 0) is 78.0 Å². The predicted molar refractivity (Wildman–Crippen MR) is 150 cm³/mol. The number of carbonyl (C=O) groups is 4. The van der Waals surface area contributed by atoms with E-state index in [-0.39, 0.29) is 31.1 Å². The van der Waals surface area contributed by atoms with Gasteiger partial charge >= 0.3 is 24.1 Å². The lowest BCUT2D eigenvalue weighted by molar-refractivity contribution is -0.147. The first-order valence-electron chi connectivity index (χ1n) is 14.0. The third kappa shape index (κ3) is 11.5. The molecule has 0 saturated heterocycles. The highest BCUT2D eigenvalue weighted by Crippen LogP contribution is 2.34. The molecule has 0 aliphatic rings. The molecule has 0 saturated carbocycles. The van der Waals surface area contributed by atoms with Gasteiger partial charge in [0.05, 0.1) is 17.4 Å². The van der Waals surface area contributed by atoms with Crippen molar-refractivity contribution in [1.29, 1.82) is 0 Å². The molecule has 1 aromatic rings. The minimum atomic E-state index is -1.11. The summed E-state index contributed by atoms with van der Waals surface area (Å²) < 4.78 is 21.5. The molecule has 0 aliphatic carbocycles. The van der Waals surface area contributed by atoms with Gasteiger partial charge in [0, 0.05) is 6.54 Å². The second-order valence-corrected chi connectivity index (χ2v) is 11.3. The van der Waals surface area contributed by atoms with E-state index in [4.69, 9.17) is 18.9 Å². The summed E-state index contributed by atoms with van der Waals surface area (Å²) in [5, 5.41) is 12.7. The third-order valence-electron chi connectivity index (χ3n) is 6.94. The van der Waals surface area contributed by atoms with Crippen molar-refractivity contribution in [2.75, 3.05) is 13.2 Å². The van der Waals surface area contributed by atoms with Gasteiger partial charge in [0.1, 0.15) is 12.1 Å². The van der Waals surface area contributed by atoms with Crippen molar-refractivity contribution in [3.63, 3.8) is 0 Å². The first kappa shape index (κ1) is 34.9. The largest absolute Gasteiger partial charge is 0.508 e. The molecule has 1 rings (SSSR count). The number of rotatable bonds is 17. The molecule has 0 heterocycles. The Labute approximate surface area is 238 Å². The van der Waals surface area contributed by atoms with Crippen molar-refractivity contribution < 1.29 is 43.2 Å². The van der Waals surface area contributed by atoms with Gasteiger partial charge in [-0.1, -0.05) is 39.7 Å². The van der Waals surface area contributed by atoms with E-state index in [1.807, 2.05) is 20.8 Å². The summed E-state index contributed by atoms with van der Waals surface area (Å²) in [5.74, 6) is -1.97. The summed E-state index contributed by atoms with van der Waals surface area (Å²) in [6.45, 7) is 14.8. The molecule has 2 N–H and O–H groups in total. The van der Waals surface area contributed by atoms with Crippen molar-refractivity contribution in [2.24, 2.45) is 10.8 Å². The van der Waals surface area contributed by atoms with Crippen molar-refractivity contribution in [2.45, 2.75) is 106 Å². The lowest BCUT2D eigenvalue weighted by atomic mass is 9.90. The lowest BCUT2D eigenvalue weighted by Crippen LogP contribution is -2.42. The van der Waals surface area contributed by atoms with E-state index in [1.54, 1.807) is 40.7 Å². The summed E-state index contributed by atoms with van der Waals surface area (Å²) in [4.78, 5) is 49.4. The van der Waals surface area contributed by atoms with E-state index >= 15 is 0 Å². The Morgan fingerprint density at radius 3 is 2.00 bits per heavy atom. The molecule has 0 aliphatic heterocycles. The Kier molecular flexibility index (Phi) is 14.1. The standard InChI is InChI=1S/C30H47NO9/c1-9-12-13-16-37-28(36)38-20(4)19-31-22(25(32)33)17-21-14-15-23(39-26(34)29(5,6)10-2)24(18-21)40-27(35)30(7,8)11-3/h14-15,18,20,22,31H,9-13,16-17,19H2,1-8H3,(H,32,33)/t20?,22-/m0/s1. The SMILES string of the molecule is CCCCCOC(=O)OC(C)CN[C@@H](Cc1ccc(OC(=O)C(C)(C)CC)c(OC(=O)C(C)(C)CC)c1)C(=O)O. The molecule has 226 valence electrons. The van der Waals surface area contributed by atoms with E-state index < -0.39 is 47.0 Å². The maximum atomic E-state index is 12.8. The van der Waals surface area contributed by atoms with Crippen LogP contribution in [0, 0.1) is 10.8 Å². The summed E-state index contributed by atoms with van der Waals surface area (Å²) >= 11 is 0. The first-order chi connectivity index (χ1) is 18.7. The molecule has 0 aromatic heterocycles. The zero-order valence-electron chi connectivity index (χ0n) is 25.3. The highest BCUT2D eigenvalue weighted by molar-refractivity contribution is 5.81. The van der Waals surface area contributed by atoms with Crippen LogP contribution in [0.4, 0.5) is 4.79 Å². The van der Waals surface area contributed by atoms with Gasteiger partial charge in [0.15, 0.2) is 11.5 Å². The molecule has 10 nitrogen and oxygen atoms in total. The monoisotopic (exact) mass is 565 g/mol. The molecule has 0 spiro atoms. The summed E-state index contributed by atoms with van der Waals surface area (Å²) in [6, 6.07) is 3.60. The minimum absolute atomic E-state index is 0.0277. The van der Waals surface area contributed by atoms with Crippen LogP contribution >= 0.6 is 0 Å². The number of nitrogens with one attached hydrogen (secondary N) is 1. The quantitative estimate of drug-likeness (QED) is 0.138. The van der Waals surface area contributed by atoms with Gasteiger partial charge in [0.2, 0.25) is 0 Å². The fraction of sp³-hybridized carbons (Fsp3) is 0.667. The number of esters is 2. The van der Waals surface area contributed by atoms with E-state index in [0.29, 0.717) is 18.4 Å². The molecule has 0 amide bonds. The number of carboxylic acid groups (broad SMARTS) is 1. The Morgan fingerprint density at radius 1 is 0.900 bits per heavy atom. The van der Waals surface area contributed by atoms with Crippen LogP contribution in [-0.2, 0) is 30.3 Å². The van der Waals surface area contributed by atoms with E-state index in [9.17, 15) is 24.3 Å². The van der Waals surface area contributed by atoms with Crippen LogP contribution in [0.5, 0.6) is 11.5 Å². The predicted octanol–water partition coefficient (Wildman–Crippen LogP) is 5.69. The topological polar surface area (TPSA) is 137 Å². The zero-order valence-corrected chi connectivity index (χ0v) is 25.3. The van der Waals surface area contributed by atoms with Crippen LogP contribution in [0.15, 0.2) is 18.2 Å². The summed E-state index contributed by atoms with van der Waals surface area (Å²) in [6.07, 6.45) is 2.38. The molecule has 0 bridgehead atoms. The molecular weight excluding hydrogens is 518 g/mol. The third-order valence-corrected chi connectivity index (χ3v) is 6.94. The normalized spacial score (nSPS) is 13.2. The number of hydrogen-bond donors (Lipinski definition) is 2. The fourth-order valence-electron chi connectivity index (χ4n) is 3.15.